The number of methoxy groups -OCH3 is 1. The van der Waals surface area contributed by atoms with Crippen molar-refractivity contribution < 1.29 is 14.6 Å². The summed E-state index contributed by atoms with van der Waals surface area (Å²) in [5.74, 6) is -0.297. The monoisotopic (exact) mass is 260 g/mol. The molecule has 19 heavy (non-hydrogen) atoms. The fourth-order valence-electron chi connectivity index (χ4n) is 1.89. The summed E-state index contributed by atoms with van der Waals surface area (Å²) in [6.07, 6.45) is 0. The maximum atomic E-state index is 11.0. The van der Waals surface area contributed by atoms with Gasteiger partial charge in [0.1, 0.15) is 5.75 Å². The highest BCUT2D eigenvalue weighted by atomic mass is 16.5. The van der Waals surface area contributed by atoms with Gasteiger partial charge < -0.3 is 9.84 Å². The number of nitrogens with zero attached hydrogens (tertiary/aromatic N) is 2. The summed E-state index contributed by atoms with van der Waals surface area (Å²) in [4.78, 5) is 11.0. The number of benzene rings is 1. The topological polar surface area (TPSA) is 64.3 Å². The first-order chi connectivity index (χ1) is 9.02. The normalized spacial score (nSPS) is 10.7. The van der Waals surface area contributed by atoms with Crippen molar-refractivity contribution in [1.82, 2.24) is 9.78 Å². The lowest BCUT2D eigenvalue weighted by molar-refractivity contribution is 0.0689. The Morgan fingerprint density at radius 1 is 1.37 bits per heavy atom. The second kappa shape index (κ2) is 5.14. The fraction of sp³-hybridized carbons (Fsp3) is 0.286. The quantitative estimate of drug-likeness (QED) is 0.918. The molecule has 1 aromatic heterocycles. The molecule has 5 heteroatoms. The molecular weight excluding hydrogens is 244 g/mol. The lowest BCUT2D eigenvalue weighted by Gasteiger charge is -2.11. The molecule has 0 unspecified atom stereocenters. The highest BCUT2D eigenvalue weighted by Gasteiger charge is 2.16. The van der Waals surface area contributed by atoms with Crippen LogP contribution in [-0.4, -0.2) is 28.0 Å². The van der Waals surface area contributed by atoms with Crippen molar-refractivity contribution in [3.8, 4) is 17.0 Å². The largest absolute Gasteiger partial charge is 0.497 e. The summed E-state index contributed by atoms with van der Waals surface area (Å²) in [5, 5.41) is 13.2. The number of carboxylic acids is 1. The Balaban J connectivity index is 2.56. The molecule has 2 aromatic rings. The van der Waals surface area contributed by atoms with E-state index >= 15 is 0 Å². The molecule has 0 saturated carbocycles. The molecule has 1 aromatic carbocycles. The van der Waals surface area contributed by atoms with E-state index in [-0.39, 0.29) is 11.7 Å². The molecule has 2 rings (SSSR count). The van der Waals surface area contributed by atoms with Gasteiger partial charge >= 0.3 is 5.97 Å². The van der Waals surface area contributed by atoms with Crippen molar-refractivity contribution in [2.45, 2.75) is 19.9 Å². The van der Waals surface area contributed by atoms with Crippen LogP contribution >= 0.6 is 0 Å². The van der Waals surface area contributed by atoms with Gasteiger partial charge in [-0.05, 0) is 32.0 Å². The molecule has 0 radical (unpaired) electrons. The molecule has 0 bridgehead atoms. The Hall–Kier alpha value is -2.30. The standard InChI is InChI=1S/C14H16N2O3/c1-9(2)16-13(8-12(15-16)14(17)18)10-5-4-6-11(7-10)19-3/h4-9H,1-3H3,(H,17,18). The zero-order chi connectivity index (χ0) is 14.0. The minimum atomic E-state index is -1.02. The zero-order valence-corrected chi connectivity index (χ0v) is 11.1. The van der Waals surface area contributed by atoms with Crippen molar-refractivity contribution in [3.05, 3.63) is 36.0 Å². The molecule has 0 atom stereocenters. The number of rotatable bonds is 4. The first-order valence-corrected chi connectivity index (χ1v) is 6.00. The maximum Gasteiger partial charge on any atom is 0.356 e. The number of hydrogen-bond donors (Lipinski definition) is 1. The van der Waals surface area contributed by atoms with Crippen LogP contribution in [0, 0.1) is 0 Å². The van der Waals surface area contributed by atoms with E-state index in [1.165, 1.54) is 0 Å². The second-order valence-corrected chi connectivity index (χ2v) is 4.49. The van der Waals surface area contributed by atoms with Crippen molar-refractivity contribution in [1.29, 1.82) is 0 Å². The van der Waals surface area contributed by atoms with E-state index < -0.39 is 5.97 Å². The molecule has 0 aliphatic rings. The fourth-order valence-corrected chi connectivity index (χ4v) is 1.89. The van der Waals surface area contributed by atoms with Crippen LogP contribution in [0.25, 0.3) is 11.3 Å². The molecule has 0 saturated heterocycles. The van der Waals surface area contributed by atoms with E-state index in [0.29, 0.717) is 0 Å². The van der Waals surface area contributed by atoms with Gasteiger partial charge in [-0.2, -0.15) is 5.10 Å². The Morgan fingerprint density at radius 2 is 2.11 bits per heavy atom. The second-order valence-electron chi connectivity index (χ2n) is 4.49. The summed E-state index contributed by atoms with van der Waals surface area (Å²) < 4.78 is 6.89. The van der Waals surface area contributed by atoms with Crippen LogP contribution in [0.5, 0.6) is 5.75 Å². The van der Waals surface area contributed by atoms with Crippen LogP contribution in [0.2, 0.25) is 0 Å². The van der Waals surface area contributed by atoms with E-state index in [1.54, 1.807) is 17.9 Å². The van der Waals surface area contributed by atoms with E-state index in [2.05, 4.69) is 5.10 Å². The Kier molecular flexibility index (Phi) is 3.55. The van der Waals surface area contributed by atoms with Crippen LogP contribution in [0.4, 0.5) is 0 Å². The molecule has 0 aliphatic carbocycles. The third-order valence-electron chi connectivity index (χ3n) is 2.81. The number of aromatic nitrogens is 2. The Labute approximate surface area is 111 Å². The number of ether oxygens (including phenoxy) is 1. The maximum absolute atomic E-state index is 11.0. The van der Waals surface area contributed by atoms with E-state index in [0.717, 1.165) is 17.0 Å². The smallest absolute Gasteiger partial charge is 0.356 e. The first-order valence-electron chi connectivity index (χ1n) is 6.00. The first kappa shape index (κ1) is 13.1. The number of aromatic carboxylic acids is 1. The van der Waals surface area contributed by atoms with Crippen LogP contribution in [0.1, 0.15) is 30.4 Å². The lowest BCUT2D eigenvalue weighted by Crippen LogP contribution is -2.06. The van der Waals surface area contributed by atoms with E-state index in [1.807, 2.05) is 38.1 Å². The van der Waals surface area contributed by atoms with Crippen molar-refractivity contribution in [3.63, 3.8) is 0 Å². The van der Waals surface area contributed by atoms with Gasteiger partial charge in [0.2, 0.25) is 0 Å². The average molecular weight is 260 g/mol. The molecule has 1 N–H and O–H groups in total. The number of carboxylic acid groups (broad SMARTS) is 1. The van der Waals surface area contributed by atoms with Crippen LogP contribution in [0.15, 0.2) is 30.3 Å². The summed E-state index contributed by atoms with van der Waals surface area (Å²) in [7, 11) is 1.60. The minimum absolute atomic E-state index is 0.0477. The summed E-state index contributed by atoms with van der Waals surface area (Å²) in [6.45, 7) is 3.92. The summed E-state index contributed by atoms with van der Waals surface area (Å²) in [6, 6.07) is 9.14. The third-order valence-corrected chi connectivity index (χ3v) is 2.81. The number of hydrogen-bond acceptors (Lipinski definition) is 3. The van der Waals surface area contributed by atoms with Gasteiger partial charge in [0.25, 0.3) is 0 Å². The SMILES string of the molecule is COc1cccc(-c2cc(C(=O)O)nn2C(C)C)c1. The van der Waals surface area contributed by atoms with E-state index in [4.69, 9.17) is 9.84 Å². The molecular formula is C14H16N2O3. The van der Waals surface area contributed by atoms with Crippen molar-refractivity contribution in [2.75, 3.05) is 7.11 Å². The molecule has 1 heterocycles. The molecule has 0 aliphatic heterocycles. The van der Waals surface area contributed by atoms with Gasteiger partial charge in [-0.1, -0.05) is 12.1 Å². The molecule has 0 spiro atoms. The van der Waals surface area contributed by atoms with Gasteiger partial charge in [0.05, 0.1) is 12.8 Å². The third kappa shape index (κ3) is 2.59. The molecule has 0 amide bonds. The highest BCUT2D eigenvalue weighted by molar-refractivity contribution is 5.87. The van der Waals surface area contributed by atoms with Gasteiger partial charge in [0.15, 0.2) is 5.69 Å². The van der Waals surface area contributed by atoms with Gasteiger partial charge in [-0.25, -0.2) is 4.79 Å². The van der Waals surface area contributed by atoms with Gasteiger partial charge in [0, 0.05) is 11.6 Å². The predicted octanol–water partition coefficient (Wildman–Crippen LogP) is 2.84. The Morgan fingerprint density at radius 3 is 2.68 bits per heavy atom. The predicted molar refractivity (Wildman–Crippen MR) is 71.6 cm³/mol. The number of carbonyl (C=O) groups is 1. The van der Waals surface area contributed by atoms with E-state index in [9.17, 15) is 4.79 Å². The molecule has 100 valence electrons. The molecule has 0 fully saturated rings. The summed E-state index contributed by atoms with van der Waals surface area (Å²) in [5.41, 5.74) is 1.70. The lowest BCUT2D eigenvalue weighted by atomic mass is 10.1. The Bertz CT molecular complexity index is 602. The summed E-state index contributed by atoms with van der Waals surface area (Å²) >= 11 is 0. The van der Waals surface area contributed by atoms with Crippen LogP contribution in [0.3, 0.4) is 0 Å². The zero-order valence-electron chi connectivity index (χ0n) is 11.1. The van der Waals surface area contributed by atoms with Crippen molar-refractivity contribution in [2.24, 2.45) is 0 Å². The van der Waals surface area contributed by atoms with Crippen LogP contribution in [-0.2, 0) is 0 Å². The van der Waals surface area contributed by atoms with Gasteiger partial charge in [-0.15, -0.1) is 0 Å². The molecule has 5 nitrogen and oxygen atoms in total. The average Bonchev–Trinajstić information content (AvgIpc) is 2.84. The highest BCUT2D eigenvalue weighted by Crippen LogP contribution is 2.26. The van der Waals surface area contributed by atoms with Crippen LogP contribution < -0.4 is 4.74 Å². The minimum Gasteiger partial charge on any atom is -0.497 e. The van der Waals surface area contributed by atoms with Crippen molar-refractivity contribution >= 4 is 5.97 Å². The van der Waals surface area contributed by atoms with Gasteiger partial charge in [-0.3, -0.25) is 4.68 Å².